The Morgan fingerprint density at radius 2 is 1.81 bits per heavy atom. The van der Waals surface area contributed by atoms with Gasteiger partial charge in [-0.3, -0.25) is 4.79 Å². The second-order valence-corrected chi connectivity index (χ2v) is 11.1. The van der Waals surface area contributed by atoms with Gasteiger partial charge in [0.15, 0.2) is 0 Å². The lowest BCUT2D eigenvalue weighted by Gasteiger charge is -2.40. The molecule has 2 aliphatic rings. The van der Waals surface area contributed by atoms with E-state index in [0.29, 0.717) is 35.1 Å². The third-order valence-electron chi connectivity index (χ3n) is 8.18. The largest absolute Gasteiger partial charge is 0.480 e. The van der Waals surface area contributed by atoms with Gasteiger partial charge < -0.3 is 24.8 Å². The average molecular weight is 531 g/mol. The van der Waals surface area contributed by atoms with Crippen molar-refractivity contribution < 1.29 is 9.53 Å². The van der Waals surface area contributed by atoms with Crippen molar-refractivity contribution in [3.8, 4) is 5.88 Å². The molecule has 0 radical (unpaired) electrons. The van der Waals surface area contributed by atoms with Crippen LogP contribution in [-0.4, -0.2) is 73.5 Å². The van der Waals surface area contributed by atoms with E-state index in [1.807, 2.05) is 24.7 Å². The Labute approximate surface area is 226 Å². The number of hydrogen-bond acceptors (Lipinski definition) is 6. The minimum Gasteiger partial charge on any atom is -0.480 e. The van der Waals surface area contributed by atoms with Crippen molar-refractivity contribution in [1.82, 2.24) is 20.0 Å². The van der Waals surface area contributed by atoms with Crippen molar-refractivity contribution >= 4 is 29.0 Å². The topological polar surface area (TPSA) is 65.9 Å². The van der Waals surface area contributed by atoms with Gasteiger partial charge in [0.2, 0.25) is 5.88 Å². The molecule has 1 saturated heterocycles. The van der Waals surface area contributed by atoms with Gasteiger partial charge in [0.25, 0.3) is 5.91 Å². The smallest absolute Gasteiger partial charge is 0.251 e. The van der Waals surface area contributed by atoms with Crippen LogP contribution >= 0.6 is 11.6 Å². The summed E-state index contributed by atoms with van der Waals surface area (Å²) < 4.78 is 7.42. The van der Waals surface area contributed by atoms with Gasteiger partial charge in [-0.05, 0) is 84.2 Å². The van der Waals surface area contributed by atoms with Crippen molar-refractivity contribution in [2.45, 2.75) is 71.0 Å². The number of halogens is 1. The molecule has 1 aliphatic heterocycles. The second kappa shape index (κ2) is 11.9. The third kappa shape index (κ3) is 5.85. The van der Waals surface area contributed by atoms with Gasteiger partial charge in [0, 0.05) is 55.0 Å². The van der Waals surface area contributed by atoms with Crippen LogP contribution in [0.2, 0.25) is 5.02 Å². The first-order chi connectivity index (χ1) is 17.7. The predicted molar refractivity (Wildman–Crippen MR) is 151 cm³/mol. The van der Waals surface area contributed by atoms with Crippen molar-refractivity contribution in [2.24, 2.45) is 7.05 Å². The minimum atomic E-state index is -0.133. The number of carbonyl (C=O) groups is 1. The zero-order chi connectivity index (χ0) is 26.7. The number of aryl methyl sites for hydroxylation is 1. The minimum absolute atomic E-state index is 0.133. The van der Waals surface area contributed by atoms with Gasteiger partial charge in [-0.25, -0.2) is 4.68 Å². The lowest BCUT2D eigenvalue weighted by atomic mass is 9.89. The van der Waals surface area contributed by atoms with Gasteiger partial charge >= 0.3 is 0 Å². The van der Waals surface area contributed by atoms with Gasteiger partial charge in [-0.1, -0.05) is 11.6 Å². The molecule has 37 heavy (non-hydrogen) atoms. The normalized spacial score (nSPS) is 19.9. The van der Waals surface area contributed by atoms with E-state index in [4.69, 9.17) is 16.3 Å². The molecule has 8 nitrogen and oxygen atoms in total. The zero-order valence-electron chi connectivity index (χ0n) is 23.3. The molecule has 2 fully saturated rings. The van der Waals surface area contributed by atoms with E-state index >= 15 is 0 Å². The molecular weight excluding hydrogens is 488 g/mol. The van der Waals surface area contributed by atoms with Crippen LogP contribution < -0.4 is 19.9 Å². The number of rotatable bonds is 9. The van der Waals surface area contributed by atoms with E-state index in [9.17, 15) is 4.79 Å². The Morgan fingerprint density at radius 1 is 1.16 bits per heavy atom. The molecule has 204 valence electrons. The Bertz CT molecular complexity index is 1090. The van der Waals surface area contributed by atoms with Crippen molar-refractivity contribution in [3.63, 3.8) is 0 Å². The highest BCUT2D eigenvalue weighted by Crippen LogP contribution is 2.35. The molecule has 4 rings (SSSR count). The van der Waals surface area contributed by atoms with Crippen LogP contribution in [0.5, 0.6) is 5.88 Å². The summed E-state index contributed by atoms with van der Waals surface area (Å²) in [6.45, 7) is 7.43. The molecule has 1 amide bonds. The molecule has 0 atom stereocenters. The monoisotopic (exact) mass is 530 g/mol. The zero-order valence-corrected chi connectivity index (χ0v) is 24.1. The SMILES string of the molecule is CCN(c1cc(Cl)cc(C(=O)NCc2c(OC)nn(C)c2N2CCCC2)c1C)[C@H]1CC[C@H](N(C)C)CC1. The summed E-state index contributed by atoms with van der Waals surface area (Å²) in [6.07, 6.45) is 6.98. The number of aromatic nitrogens is 2. The number of nitrogens with one attached hydrogen (secondary N) is 1. The third-order valence-corrected chi connectivity index (χ3v) is 8.40. The fourth-order valence-corrected chi connectivity index (χ4v) is 6.36. The number of methoxy groups -OCH3 is 1. The highest BCUT2D eigenvalue weighted by Gasteiger charge is 2.29. The second-order valence-electron chi connectivity index (χ2n) is 10.6. The van der Waals surface area contributed by atoms with Crippen LogP contribution in [0.1, 0.15) is 66.9 Å². The highest BCUT2D eigenvalue weighted by molar-refractivity contribution is 6.31. The number of ether oxygens (including phenoxy) is 1. The summed E-state index contributed by atoms with van der Waals surface area (Å²) in [5, 5.41) is 8.26. The lowest BCUT2D eigenvalue weighted by molar-refractivity contribution is 0.0950. The molecule has 0 unspecified atom stereocenters. The predicted octanol–water partition coefficient (Wildman–Crippen LogP) is 4.62. The maximum atomic E-state index is 13.5. The quantitative estimate of drug-likeness (QED) is 0.510. The summed E-state index contributed by atoms with van der Waals surface area (Å²) >= 11 is 6.60. The molecule has 2 aromatic rings. The van der Waals surface area contributed by atoms with Crippen LogP contribution in [0.4, 0.5) is 11.5 Å². The number of nitrogens with zero attached hydrogens (tertiary/aromatic N) is 5. The van der Waals surface area contributed by atoms with Gasteiger partial charge in [0.05, 0.1) is 19.2 Å². The van der Waals surface area contributed by atoms with E-state index in [2.05, 4.69) is 46.1 Å². The number of carbonyl (C=O) groups excluding carboxylic acids is 1. The summed E-state index contributed by atoms with van der Waals surface area (Å²) in [4.78, 5) is 20.6. The van der Waals surface area contributed by atoms with Crippen molar-refractivity contribution in [2.75, 3.05) is 50.6 Å². The number of amides is 1. The molecule has 1 aromatic carbocycles. The molecule has 1 aromatic heterocycles. The fourth-order valence-electron chi connectivity index (χ4n) is 6.15. The van der Waals surface area contributed by atoms with Crippen molar-refractivity contribution in [1.29, 1.82) is 0 Å². The Morgan fingerprint density at radius 3 is 2.41 bits per heavy atom. The summed E-state index contributed by atoms with van der Waals surface area (Å²) in [7, 11) is 7.90. The first kappa shape index (κ1) is 27.6. The van der Waals surface area contributed by atoms with Gasteiger partial charge in [-0.2, -0.15) is 0 Å². The Balaban J connectivity index is 1.54. The van der Waals surface area contributed by atoms with E-state index in [-0.39, 0.29) is 5.91 Å². The van der Waals surface area contributed by atoms with E-state index in [0.717, 1.165) is 67.9 Å². The highest BCUT2D eigenvalue weighted by atomic mass is 35.5. The fraction of sp³-hybridized carbons (Fsp3) is 0.643. The van der Waals surface area contributed by atoms with E-state index in [1.165, 1.54) is 12.8 Å². The maximum Gasteiger partial charge on any atom is 0.251 e. The summed E-state index contributed by atoms with van der Waals surface area (Å²) in [5.41, 5.74) is 3.56. The first-order valence-corrected chi connectivity index (χ1v) is 14.0. The molecule has 9 heteroatoms. The van der Waals surface area contributed by atoms with Crippen molar-refractivity contribution in [3.05, 3.63) is 33.8 Å². The molecule has 1 aliphatic carbocycles. The molecule has 1 saturated carbocycles. The van der Waals surface area contributed by atoms with Crippen LogP contribution in [0.15, 0.2) is 12.1 Å². The summed E-state index contributed by atoms with van der Waals surface area (Å²) in [6, 6.07) is 4.91. The van der Waals surface area contributed by atoms with Crippen LogP contribution in [0.25, 0.3) is 0 Å². The molecular formula is C28H43ClN6O2. The standard InChI is InChI=1S/C28H43ClN6O2/c1-7-35(22-12-10-21(11-13-22)32(3)4)25-17-20(29)16-23(19(25)2)26(36)30-18-24-27(37-6)31-33(5)28(24)34-14-8-9-15-34/h16-17,21-22H,7-15,18H2,1-6H3,(H,30,36)/t21-,22-. The average Bonchev–Trinajstić information content (AvgIpc) is 3.52. The molecule has 2 heterocycles. The lowest BCUT2D eigenvalue weighted by Crippen LogP contribution is -2.42. The first-order valence-electron chi connectivity index (χ1n) is 13.6. The molecule has 0 spiro atoms. The van der Waals surface area contributed by atoms with Crippen LogP contribution in [0.3, 0.4) is 0 Å². The maximum absolute atomic E-state index is 13.5. The van der Waals surface area contributed by atoms with Gasteiger partial charge in [0.1, 0.15) is 5.82 Å². The molecule has 1 N–H and O–H groups in total. The summed E-state index contributed by atoms with van der Waals surface area (Å²) in [5.74, 6) is 1.44. The number of anilines is 2. The van der Waals surface area contributed by atoms with Crippen LogP contribution in [0, 0.1) is 6.92 Å². The molecule has 0 bridgehead atoms. The van der Waals surface area contributed by atoms with Crippen LogP contribution in [-0.2, 0) is 13.6 Å². The Kier molecular flexibility index (Phi) is 8.90. The van der Waals surface area contributed by atoms with Gasteiger partial charge in [-0.15, -0.1) is 5.10 Å². The Hall–Kier alpha value is -2.45. The van der Waals surface area contributed by atoms with E-state index in [1.54, 1.807) is 13.2 Å². The number of hydrogen-bond donors (Lipinski definition) is 1. The number of benzene rings is 1. The van der Waals surface area contributed by atoms with E-state index < -0.39 is 0 Å².